The van der Waals surface area contributed by atoms with Gasteiger partial charge in [-0.25, -0.2) is 0 Å². The number of hydrogen-bond donors (Lipinski definition) is 1. The van der Waals surface area contributed by atoms with Gasteiger partial charge in [0.25, 0.3) is 0 Å². The van der Waals surface area contributed by atoms with Gasteiger partial charge in [-0.2, -0.15) is 0 Å². The molecule has 0 spiro atoms. The van der Waals surface area contributed by atoms with Gasteiger partial charge in [0.2, 0.25) is 0 Å². The van der Waals surface area contributed by atoms with Crippen molar-refractivity contribution in [3.05, 3.63) is 29.6 Å². The van der Waals surface area contributed by atoms with Crippen molar-refractivity contribution in [1.29, 1.82) is 0 Å². The number of rotatable bonds is 2. The average Bonchev–Trinajstić information content (AvgIpc) is 2.65. The molecular weight excluding hydrogens is 190 g/mol. The first-order valence-corrected chi connectivity index (χ1v) is 5.38. The monoisotopic (exact) mass is 207 g/mol. The molecule has 1 aromatic heterocycles. The molecule has 1 saturated heterocycles. The molecule has 0 aromatic carbocycles. The fraction of sp³-hybridized carbons (Fsp3) is 0.583. The zero-order valence-corrected chi connectivity index (χ0v) is 9.18. The van der Waals surface area contributed by atoms with Crippen LogP contribution in [0.5, 0.6) is 0 Å². The van der Waals surface area contributed by atoms with Gasteiger partial charge in [-0.1, -0.05) is 0 Å². The molecule has 0 radical (unpaired) electrons. The lowest BCUT2D eigenvalue weighted by molar-refractivity contribution is 0.0799. The fourth-order valence-corrected chi connectivity index (χ4v) is 2.11. The topological polar surface area (TPSA) is 42.4 Å². The highest BCUT2D eigenvalue weighted by molar-refractivity contribution is 5.24. The molecule has 3 atom stereocenters. The van der Waals surface area contributed by atoms with E-state index in [2.05, 4.69) is 4.98 Å². The van der Waals surface area contributed by atoms with Gasteiger partial charge < -0.3 is 9.84 Å². The molecule has 1 aliphatic heterocycles. The molecule has 3 nitrogen and oxygen atoms in total. The first kappa shape index (κ1) is 10.6. The highest BCUT2D eigenvalue weighted by Gasteiger charge is 2.29. The van der Waals surface area contributed by atoms with Crippen LogP contribution in [0.3, 0.4) is 0 Å². The van der Waals surface area contributed by atoms with Crippen LogP contribution in [0.15, 0.2) is 18.5 Å². The van der Waals surface area contributed by atoms with Gasteiger partial charge in [0.15, 0.2) is 0 Å². The van der Waals surface area contributed by atoms with E-state index in [1.54, 1.807) is 12.4 Å². The van der Waals surface area contributed by atoms with E-state index in [0.717, 1.165) is 17.5 Å². The normalized spacial score (nSPS) is 27.9. The third kappa shape index (κ3) is 2.19. The van der Waals surface area contributed by atoms with Crippen molar-refractivity contribution < 1.29 is 9.84 Å². The first-order chi connectivity index (χ1) is 7.18. The lowest BCUT2D eigenvalue weighted by atomic mass is 9.92. The summed E-state index contributed by atoms with van der Waals surface area (Å²) >= 11 is 0. The van der Waals surface area contributed by atoms with Crippen LogP contribution in [0.4, 0.5) is 0 Å². The van der Waals surface area contributed by atoms with Gasteiger partial charge in [-0.15, -0.1) is 0 Å². The summed E-state index contributed by atoms with van der Waals surface area (Å²) in [4.78, 5) is 4.06. The molecule has 15 heavy (non-hydrogen) atoms. The summed E-state index contributed by atoms with van der Waals surface area (Å²) in [5, 5.41) is 10.2. The second-order valence-electron chi connectivity index (χ2n) is 4.32. The lowest BCUT2D eigenvalue weighted by Gasteiger charge is -2.18. The van der Waals surface area contributed by atoms with Crippen LogP contribution < -0.4 is 0 Å². The maximum Gasteiger partial charge on any atom is 0.0858 e. The summed E-state index contributed by atoms with van der Waals surface area (Å²) in [6.45, 7) is 4.69. The molecule has 3 heteroatoms. The van der Waals surface area contributed by atoms with E-state index >= 15 is 0 Å². The minimum atomic E-state index is -0.441. The summed E-state index contributed by atoms with van der Waals surface area (Å²) in [7, 11) is 0. The van der Waals surface area contributed by atoms with E-state index in [0.29, 0.717) is 6.61 Å². The number of aliphatic hydroxyl groups is 1. The molecule has 0 amide bonds. The van der Waals surface area contributed by atoms with Gasteiger partial charge >= 0.3 is 0 Å². The van der Waals surface area contributed by atoms with Gasteiger partial charge in [-0.3, -0.25) is 4.98 Å². The van der Waals surface area contributed by atoms with E-state index in [9.17, 15) is 5.11 Å². The number of ether oxygens (including phenoxy) is 1. The summed E-state index contributed by atoms with van der Waals surface area (Å²) in [6, 6.07) is 1.93. The summed E-state index contributed by atoms with van der Waals surface area (Å²) in [6.07, 6.45) is 4.25. The van der Waals surface area contributed by atoms with Crippen molar-refractivity contribution >= 4 is 0 Å². The lowest BCUT2D eigenvalue weighted by Crippen LogP contribution is -2.14. The molecule has 82 valence electrons. The molecule has 0 aliphatic carbocycles. The third-order valence-corrected chi connectivity index (χ3v) is 3.07. The second kappa shape index (κ2) is 4.29. The Morgan fingerprint density at radius 3 is 3.00 bits per heavy atom. The highest BCUT2D eigenvalue weighted by Crippen LogP contribution is 2.32. The Morgan fingerprint density at radius 2 is 2.40 bits per heavy atom. The van der Waals surface area contributed by atoms with Crippen molar-refractivity contribution in [2.24, 2.45) is 5.92 Å². The van der Waals surface area contributed by atoms with Gasteiger partial charge in [-0.05, 0) is 31.9 Å². The molecule has 2 rings (SSSR count). The summed E-state index contributed by atoms with van der Waals surface area (Å²) in [5.74, 6) is 0.211. The molecule has 2 heterocycles. The number of aliphatic hydroxyl groups excluding tert-OH is 1. The van der Waals surface area contributed by atoms with Crippen LogP contribution in [0.25, 0.3) is 0 Å². The van der Waals surface area contributed by atoms with E-state index in [-0.39, 0.29) is 12.0 Å². The highest BCUT2D eigenvalue weighted by atomic mass is 16.5. The SMILES string of the molecule is Cc1ccncc1C(O)C1COC(C)C1. The largest absolute Gasteiger partial charge is 0.388 e. The van der Waals surface area contributed by atoms with Crippen molar-refractivity contribution in [3.63, 3.8) is 0 Å². The second-order valence-corrected chi connectivity index (χ2v) is 4.32. The van der Waals surface area contributed by atoms with Gasteiger partial charge in [0, 0.05) is 23.9 Å². The van der Waals surface area contributed by atoms with Gasteiger partial charge in [0.05, 0.1) is 18.8 Å². The molecule has 1 fully saturated rings. The van der Waals surface area contributed by atoms with E-state index < -0.39 is 6.10 Å². The van der Waals surface area contributed by atoms with Crippen LogP contribution in [-0.4, -0.2) is 22.8 Å². The van der Waals surface area contributed by atoms with E-state index in [4.69, 9.17) is 4.74 Å². The first-order valence-electron chi connectivity index (χ1n) is 5.38. The van der Waals surface area contributed by atoms with Crippen molar-refractivity contribution in [3.8, 4) is 0 Å². The van der Waals surface area contributed by atoms with Crippen LogP contribution in [0, 0.1) is 12.8 Å². The minimum Gasteiger partial charge on any atom is -0.388 e. The van der Waals surface area contributed by atoms with Crippen molar-refractivity contribution in [1.82, 2.24) is 4.98 Å². The molecule has 1 aliphatic rings. The molecule has 3 unspecified atom stereocenters. The number of aromatic nitrogens is 1. The Hall–Kier alpha value is -0.930. The Balaban J connectivity index is 2.14. The number of pyridine rings is 1. The quantitative estimate of drug-likeness (QED) is 0.804. The zero-order chi connectivity index (χ0) is 10.8. The number of nitrogens with zero attached hydrogens (tertiary/aromatic N) is 1. The summed E-state index contributed by atoms with van der Waals surface area (Å²) < 4.78 is 5.47. The maximum atomic E-state index is 10.2. The number of aryl methyl sites for hydroxylation is 1. The van der Waals surface area contributed by atoms with E-state index in [1.165, 1.54) is 0 Å². The van der Waals surface area contributed by atoms with Crippen molar-refractivity contribution in [2.75, 3.05) is 6.61 Å². The van der Waals surface area contributed by atoms with Crippen LogP contribution >= 0.6 is 0 Å². The van der Waals surface area contributed by atoms with Gasteiger partial charge in [0.1, 0.15) is 0 Å². The average molecular weight is 207 g/mol. The maximum absolute atomic E-state index is 10.2. The Kier molecular flexibility index (Phi) is 3.03. The molecule has 0 bridgehead atoms. The Labute approximate surface area is 90.1 Å². The number of hydrogen-bond acceptors (Lipinski definition) is 3. The predicted octanol–water partition coefficient (Wildman–Crippen LogP) is 1.85. The molecule has 0 saturated carbocycles. The van der Waals surface area contributed by atoms with Crippen molar-refractivity contribution in [2.45, 2.75) is 32.5 Å². The van der Waals surface area contributed by atoms with Crippen LogP contribution in [-0.2, 0) is 4.74 Å². The minimum absolute atomic E-state index is 0.211. The smallest absolute Gasteiger partial charge is 0.0858 e. The molecular formula is C12H17NO2. The molecule has 1 N–H and O–H groups in total. The standard InChI is InChI=1S/C12H17NO2/c1-8-3-4-13-6-11(8)12(14)10-5-9(2)15-7-10/h3-4,6,9-10,12,14H,5,7H2,1-2H3. The van der Waals surface area contributed by atoms with E-state index in [1.807, 2.05) is 19.9 Å². The Morgan fingerprint density at radius 1 is 1.60 bits per heavy atom. The van der Waals surface area contributed by atoms with Crippen LogP contribution in [0.2, 0.25) is 0 Å². The zero-order valence-electron chi connectivity index (χ0n) is 9.18. The van der Waals surface area contributed by atoms with Crippen LogP contribution in [0.1, 0.15) is 30.6 Å². The predicted molar refractivity (Wildman–Crippen MR) is 57.5 cm³/mol. The summed E-state index contributed by atoms with van der Waals surface area (Å²) in [5.41, 5.74) is 2.03. The third-order valence-electron chi connectivity index (χ3n) is 3.07. The molecule has 1 aromatic rings. The Bertz CT molecular complexity index is 340. The fourth-order valence-electron chi connectivity index (χ4n) is 2.11.